The van der Waals surface area contributed by atoms with Gasteiger partial charge in [-0.1, -0.05) is 6.07 Å². The number of hydrogen-bond acceptors (Lipinski definition) is 4. The number of hydrogen-bond donors (Lipinski definition) is 2. The first-order valence-corrected chi connectivity index (χ1v) is 9.36. The summed E-state index contributed by atoms with van der Waals surface area (Å²) >= 11 is 0. The minimum absolute atomic E-state index is 0.171. The van der Waals surface area contributed by atoms with Crippen LogP contribution in [0.4, 0.5) is 0 Å². The van der Waals surface area contributed by atoms with Crippen LogP contribution in [0.25, 0.3) is 11.1 Å². The van der Waals surface area contributed by atoms with Gasteiger partial charge in [-0.05, 0) is 61.7 Å². The maximum absolute atomic E-state index is 12.4. The third-order valence-electron chi connectivity index (χ3n) is 4.24. The second-order valence-corrected chi connectivity index (χ2v) is 7.51. The molecule has 0 aliphatic rings. The van der Waals surface area contributed by atoms with Crippen LogP contribution in [0.5, 0.6) is 0 Å². The number of aryl methyl sites for hydroxylation is 2. The van der Waals surface area contributed by atoms with E-state index in [0.717, 1.165) is 22.2 Å². The standard InChI is InChI=1S/C19H20N2O4S/c1-11-4-5-17-16(8-11)21-18(25-17)6-7-20-26(24)14-9-12(2)13(3)15(10-14)19(22)23/h4-5,8-10,20H,6-7H2,1-3H3,(H,22,23). The van der Waals surface area contributed by atoms with Gasteiger partial charge in [-0.25, -0.2) is 18.7 Å². The second-order valence-electron chi connectivity index (χ2n) is 6.21. The summed E-state index contributed by atoms with van der Waals surface area (Å²) in [6, 6.07) is 9.00. The van der Waals surface area contributed by atoms with E-state index in [0.29, 0.717) is 29.3 Å². The molecule has 2 aromatic carbocycles. The van der Waals surface area contributed by atoms with Gasteiger partial charge in [-0.2, -0.15) is 0 Å². The van der Waals surface area contributed by atoms with Crippen LogP contribution in [0.1, 0.15) is 32.9 Å². The Hall–Kier alpha value is -2.51. The van der Waals surface area contributed by atoms with Crippen molar-refractivity contribution in [3.05, 3.63) is 58.5 Å². The zero-order valence-electron chi connectivity index (χ0n) is 14.8. The number of rotatable bonds is 6. The summed E-state index contributed by atoms with van der Waals surface area (Å²) in [6.45, 7) is 5.94. The molecule has 0 amide bonds. The predicted molar refractivity (Wildman–Crippen MR) is 99.7 cm³/mol. The number of benzene rings is 2. The fourth-order valence-corrected chi connectivity index (χ4v) is 3.64. The summed E-state index contributed by atoms with van der Waals surface area (Å²) in [5.41, 5.74) is 4.29. The second kappa shape index (κ2) is 7.39. The summed E-state index contributed by atoms with van der Waals surface area (Å²) in [7, 11) is -1.51. The molecule has 0 radical (unpaired) electrons. The monoisotopic (exact) mass is 372 g/mol. The van der Waals surface area contributed by atoms with Gasteiger partial charge < -0.3 is 9.52 Å². The number of nitrogens with one attached hydrogen (secondary N) is 1. The molecule has 1 atom stereocenters. The van der Waals surface area contributed by atoms with E-state index in [2.05, 4.69) is 9.71 Å². The molecule has 0 spiro atoms. The van der Waals surface area contributed by atoms with Gasteiger partial charge in [0.2, 0.25) is 0 Å². The van der Waals surface area contributed by atoms with Crippen molar-refractivity contribution in [2.45, 2.75) is 32.1 Å². The molecule has 6 nitrogen and oxygen atoms in total. The van der Waals surface area contributed by atoms with Crippen molar-refractivity contribution in [1.82, 2.24) is 9.71 Å². The van der Waals surface area contributed by atoms with Crippen molar-refractivity contribution in [3.8, 4) is 0 Å². The molecule has 0 aliphatic carbocycles. The van der Waals surface area contributed by atoms with Gasteiger partial charge in [0.1, 0.15) is 16.5 Å². The molecule has 0 saturated carbocycles. The van der Waals surface area contributed by atoms with E-state index in [1.54, 1.807) is 13.0 Å². The number of fused-ring (bicyclic) bond motifs is 1. The summed E-state index contributed by atoms with van der Waals surface area (Å²) in [4.78, 5) is 16.2. The van der Waals surface area contributed by atoms with Crippen LogP contribution in [0.2, 0.25) is 0 Å². The normalized spacial score (nSPS) is 12.4. The number of carboxylic acid groups (broad SMARTS) is 1. The highest BCUT2D eigenvalue weighted by molar-refractivity contribution is 7.83. The molecule has 0 aliphatic heterocycles. The Kier molecular flexibility index (Phi) is 5.20. The van der Waals surface area contributed by atoms with E-state index < -0.39 is 17.0 Å². The first-order valence-electron chi connectivity index (χ1n) is 8.21. The number of carbonyl (C=O) groups is 1. The molecule has 136 valence electrons. The molecule has 1 aromatic heterocycles. The summed E-state index contributed by atoms with van der Waals surface area (Å²) < 4.78 is 21.0. The van der Waals surface area contributed by atoms with E-state index in [1.807, 2.05) is 32.0 Å². The lowest BCUT2D eigenvalue weighted by atomic mass is 10.0. The first-order chi connectivity index (χ1) is 12.3. The lowest BCUT2D eigenvalue weighted by Crippen LogP contribution is -2.21. The van der Waals surface area contributed by atoms with Crippen LogP contribution in [0.15, 0.2) is 39.6 Å². The Morgan fingerprint density at radius 2 is 2.00 bits per heavy atom. The van der Waals surface area contributed by atoms with Crippen molar-refractivity contribution in [1.29, 1.82) is 0 Å². The van der Waals surface area contributed by atoms with E-state index in [-0.39, 0.29) is 5.56 Å². The maximum Gasteiger partial charge on any atom is 0.336 e. The molecule has 26 heavy (non-hydrogen) atoms. The van der Waals surface area contributed by atoms with Crippen molar-refractivity contribution >= 4 is 28.1 Å². The molecular weight excluding hydrogens is 352 g/mol. The lowest BCUT2D eigenvalue weighted by molar-refractivity contribution is 0.0695. The molecule has 0 saturated heterocycles. The van der Waals surface area contributed by atoms with E-state index in [1.165, 1.54) is 6.07 Å². The van der Waals surface area contributed by atoms with Crippen LogP contribution in [-0.2, 0) is 17.4 Å². The highest BCUT2D eigenvalue weighted by Crippen LogP contribution is 2.19. The largest absolute Gasteiger partial charge is 0.478 e. The fraction of sp³-hybridized carbons (Fsp3) is 0.263. The molecule has 2 N–H and O–H groups in total. The average molecular weight is 372 g/mol. The Balaban J connectivity index is 1.67. The van der Waals surface area contributed by atoms with Gasteiger partial charge in [0, 0.05) is 13.0 Å². The van der Waals surface area contributed by atoms with Crippen LogP contribution >= 0.6 is 0 Å². The predicted octanol–water partition coefficient (Wildman–Crippen LogP) is 3.31. The van der Waals surface area contributed by atoms with Crippen LogP contribution in [0, 0.1) is 20.8 Å². The Labute approximate surface area is 153 Å². The van der Waals surface area contributed by atoms with Gasteiger partial charge in [0.25, 0.3) is 0 Å². The lowest BCUT2D eigenvalue weighted by Gasteiger charge is -2.09. The van der Waals surface area contributed by atoms with Gasteiger partial charge in [0.05, 0.1) is 10.5 Å². The molecule has 3 rings (SSSR count). The maximum atomic E-state index is 12.4. The molecular formula is C19H20N2O4S. The van der Waals surface area contributed by atoms with Gasteiger partial charge in [-0.3, -0.25) is 0 Å². The summed E-state index contributed by atoms with van der Waals surface area (Å²) in [5.74, 6) is -0.451. The number of oxazole rings is 1. The highest BCUT2D eigenvalue weighted by Gasteiger charge is 2.14. The van der Waals surface area contributed by atoms with Crippen LogP contribution in [-0.4, -0.2) is 26.8 Å². The van der Waals surface area contributed by atoms with E-state index in [9.17, 15) is 14.1 Å². The number of carboxylic acids is 1. The number of aromatic carboxylic acids is 1. The molecule has 1 heterocycles. The topological polar surface area (TPSA) is 92.4 Å². The van der Waals surface area contributed by atoms with Crippen molar-refractivity contribution in [3.63, 3.8) is 0 Å². The minimum atomic E-state index is -1.51. The zero-order chi connectivity index (χ0) is 18.8. The summed E-state index contributed by atoms with van der Waals surface area (Å²) in [5, 5.41) is 9.27. The first kappa shape index (κ1) is 18.3. The Bertz CT molecular complexity index is 1010. The summed E-state index contributed by atoms with van der Waals surface area (Å²) in [6.07, 6.45) is 0.482. The smallest absolute Gasteiger partial charge is 0.336 e. The Morgan fingerprint density at radius 1 is 1.23 bits per heavy atom. The zero-order valence-corrected chi connectivity index (χ0v) is 15.6. The Morgan fingerprint density at radius 3 is 2.73 bits per heavy atom. The van der Waals surface area contributed by atoms with Gasteiger partial charge in [0.15, 0.2) is 11.5 Å². The fourth-order valence-electron chi connectivity index (χ4n) is 2.68. The average Bonchev–Trinajstić information content (AvgIpc) is 2.98. The quantitative estimate of drug-likeness (QED) is 0.692. The van der Waals surface area contributed by atoms with Crippen molar-refractivity contribution in [2.75, 3.05) is 6.54 Å². The van der Waals surface area contributed by atoms with Crippen LogP contribution < -0.4 is 4.72 Å². The van der Waals surface area contributed by atoms with Gasteiger partial charge >= 0.3 is 5.97 Å². The van der Waals surface area contributed by atoms with Crippen LogP contribution in [0.3, 0.4) is 0 Å². The third kappa shape index (κ3) is 3.84. The number of aromatic nitrogens is 1. The number of nitrogens with zero attached hydrogens (tertiary/aromatic N) is 1. The van der Waals surface area contributed by atoms with E-state index in [4.69, 9.17) is 4.42 Å². The van der Waals surface area contributed by atoms with Crippen molar-refractivity contribution < 1.29 is 18.5 Å². The molecule has 0 fully saturated rings. The molecule has 1 unspecified atom stereocenters. The molecule has 7 heteroatoms. The molecule has 3 aromatic rings. The van der Waals surface area contributed by atoms with Crippen molar-refractivity contribution in [2.24, 2.45) is 0 Å². The highest BCUT2D eigenvalue weighted by atomic mass is 32.2. The third-order valence-corrected chi connectivity index (χ3v) is 5.37. The minimum Gasteiger partial charge on any atom is -0.478 e. The van der Waals surface area contributed by atoms with Gasteiger partial charge in [-0.15, -0.1) is 0 Å². The molecule has 0 bridgehead atoms. The van der Waals surface area contributed by atoms with E-state index >= 15 is 0 Å². The SMILES string of the molecule is Cc1ccc2oc(CCNS(=O)c3cc(C)c(C)c(C(=O)O)c3)nc2c1.